The summed E-state index contributed by atoms with van der Waals surface area (Å²) < 4.78 is 33.5. The number of halogens is 2. The van der Waals surface area contributed by atoms with Gasteiger partial charge in [0.1, 0.15) is 6.26 Å². The van der Waals surface area contributed by atoms with Gasteiger partial charge in [0.25, 0.3) is 0 Å². The van der Waals surface area contributed by atoms with Crippen molar-refractivity contribution in [1.29, 1.82) is 0 Å². The largest absolute Gasteiger partial charge is 0.598 e. The highest BCUT2D eigenvalue weighted by atomic mass is 32.2. The molecule has 0 N–H and O–H groups in total. The molecule has 0 aliphatic rings. The molecule has 0 bridgehead atoms. The van der Waals surface area contributed by atoms with Gasteiger partial charge in [-0.2, -0.15) is 0 Å². The number of hydrogen-bond donors (Lipinski definition) is 0. The monoisotopic (exact) mass is 143 g/mol. The summed E-state index contributed by atoms with van der Waals surface area (Å²) in [6, 6.07) is 0. The van der Waals surface area contributed by atoms with Crippen LogP contribution in [-0.4, -0.2) is 28.7 Å². The molecule has 0 aromatic rings. The van der Waals surface area contributed by atoms with E-state index >= 15 is 0 Å². The van der Waals surface area contributed by atoms with E-state index in [0.717, 1.165) is 0 Å². The third kappa shape index (κ3) is 2.44. The Balaban J connectivity index is 3.35. The average molecular weight is 143 g/mol. The first-order chi connectivity index (χ1) is 3.72. The second kappa shape index (κ2) is 4.05. The number of hydrogen-bond acceptors (Lipinski definition) is 2. The summed E-state index contributed by atoms with van der Waals surface area (Å²) in [6.07, 6.45) is 1.22. The van der Waals surface area contributed by atoms with Crippen molar-refractivity contribution in [3.05, 3.63) is 0 Å². The number of nitrogens with zero attached hydrogens (tertiary/aromatic N) is 1. The Hall–Kier alpha value is 0.130. The van der Waals surface area contributed by atoms with E-state index in [9.17, 15) is 13.3 Å². The van der Waals surface area contributed by atoms with Crippen molar-refractivity contribution < 1.29 is 13.3 Å². The molecule has 2 nitrogen and oxygen atoms in total. The minimum atomic E-state index is -1.52. The second-order valence-corrected chi connectivity index (χ2v) is 2.51. The molecule has 50 valence electrons. The van der Waals surface area contributed by atoms with Crippen molar-refractivity contribution in [2.24, 2.45) is 0 Å². The van der Waals surface area contributed by atoms with Crippen LogP contribution in [0.3, 0.4) is 0 Å². The van der Waals surface area contributed by atoms with Crippen LogP contribution in [0.4, 0.5) is 8.78 Å². The molecule has 0 radical (unpaired) electrons. The summed E-state index contributed by atoms with van der Waals surface area (Å²) in [4.78, 5) is 0. The summed E-state index contributed by atoms with van der Waals surface area (Å²) in [5, 5.41) is 0. The number of rotatable bonds is 3. The minimum Gasteiger partial charge on any atom is -0.598 e. The molecule has 0 saturated carbocycles. The van der Waals surface area contributed by atoms with Gasteiger partial charge in [-0.15, -0.1) is 0 Å². The predicted octanol–water partition coefficient (Wildman–Crippen LogP) is 0.436. The van der Waals surface area contributed by atoms with Crippen molar-refractivity contribution in [2.75, 3.05) is 19.9 Å². The fourth-order valence-electron chi connectivity index (χ4n) is 0.169. The van der Waals surface area contributed by atoms with Crippen molar-refractivity contribution in [2.45, 2.75) is 0 Å². The summed E-state index contributed by atoms with van der Waals surface area (Å²) >= 11 is -1.52. The molecular formula is C3H7F2NOS. The maximum absolute atomic E-state index is 11.4. The third-order valence-corrected chi connectivity index (χ3v) is 1.55. The van der Waals surface area contributed by atoms with E-state index in [1.807, 2.05) is 0 Å². The SMILES string of the molecule is C[S+]([O-])N(CF)CF. The van der Waals surface area contributed by atoms with Crippen LogP contribution < -0.4 is 0 Å². The summed E-state index contributed by atoms with van der Waals surface area (Å²) in [5.74, 6) is 0. The lowest BCUT2D eigenvalue weighted by Crippen LogP contribution is -2.28. The van der Waals surface area contributed by atoms with Crippen LogP contribution in [0.15, 0.2) is 0 Å². The highest BCUT2D eigenvalue weighted by Gasteiger charge is 2.11. The van der Waals surface area contributed by atoms with Crippen molar-refractivity contribution >= 4 is 11.4 Å². The first kappa shape index (κ1) is 8.13. The Bertz CT molecular complexity index is 59.2. The van der Waals surface area contributed by atoms with Gasteiger partial charge in [-0.25, -0.2) is 8.78 Å². The topological polar surface area (TPSA) is 26.3 Å². The normalized spacial score (nSPS) is 14.6. The Morgan fingerprint density at radius 3 is 1.88 bits per heavy atom. The number of alkyl halides is 2. The molecule has 0 aromatic heterocycles. The second-order valence-electron chi connectivity index (χ2n) is 1.14. The Labute approximate surface area is 49.8 Å². The highest BCUT2D eigenvalue weighted by Crippen LogP contribution is 1.96. The summed E-state index contributed by atoms with van der Waals surface area (Å²) in [5.41, 5.74) is 0. The molecule has 5 heteroatoms. The molecule has 0 aliphatic carbocycles. The predicted molar refractivity (Wildman–Crippen MR) is 27.9 cm³/mol. The van der Waals surface area contributed by atoms with Gasteiger partial charge >= 0.3 is 0 Å². The molecule has 0 spiro atoms. The quantitative estimate of drug-likeness (QED) is 0.423. The van der Waals surface area contributed by atoms with Gasteiger partial charge < -0.3 is 4.55 Å². The van der Waals surface area contributed by atoms with Crippen molar-refractivity contribution in [3.63, 3.8) is 0 Å². The maximum atomic E-state index is 11.4. The Morgan fingerprint density at radius 1 is 1.50 bits per heavy atom. The minimum absolute atomic E-state index is 0.556. The molecule has 8 heavy (non-hydrogen) atoms. The van der Waals surface area contributed by atoms with Gasteiger partial charge in [-0.1, -0.05) is 4.31 Å². The Kier molecular flexibility index (Phi) is 4.12. The first-order valence-corrected chi connectivity index (χ1v) is 3.44. The van der Waals surface area contributed by atoms with E-state index in [0.29, 0.717) is 4.31 Å². The molecule has 0 amide bonds. The van der Waals surface area contributed by atoms with Gasteiger partial charge in [0.15, 0.2) is 13.6 Å². The van der Waals surface area contributed by atoms with Crippen LogP contribution in [0, 0.1) is 0 Å². The van der Waals surface area contributed by atoms with Gasteiger partial charge in [0, 0.05) is 11.4 Å². The van der Waals surface area contributed by atoms with E-state index in [1.165, 1.54) is 6.26 Å². The van der Waals surface area contributed by atoms with Crippen molar-refractivity contribution in [3.8, 4) is 0 Å². The standard InChI is InChI=1S/C3H7F2NOS/c1-8(7)6(2-4)3-5/h2-3H2,1H3. The molecule has 0 aromatic carbocycles. The smallest absolute Gasteiger partial charge is 0.187 e. The lowest BCUT2D eigenvalue weighted by Gasteiger charge is -2.12. The van der Waals surface area contributed by atoms with Gasteiger partial charge in [0.05, 0.1) is 0 Å². The first-order valence-electron chi connectivity index (χ1n) is 1.92. The molecule has 0 rings (SSSR count). The lowest BCUT2D eigenvalue weighted by molar-refractivity contribution is 0.220. The van der Waals surface area contributed by atoms with Crippen LogP contribution >= 0.6 is 0 Å². The van der Waals surface area contributed by atoms with E-state index in [4.69, 9.17) is 0 Å². The zero-order valence-electron chi connectivity index (χ0n) is 4.43. The van der Waals surface area contributed by atoms with Crippen LogP contribution in [0.5, 0.6) is 0 Å². The van der Waals surface area contributed by atoms with Gasteiger partial charge in [-0.3, -0.25) is 0 Å². The fourth-order valence-corrected chi connectivity index (χ4v) is 0.444. The third-order valence-electron chi connectivity index (χ3n) is 0.630. The highest BCUT2D eigenvalue weighted by molar-refractivity contribution is 7.88. The van der Waals surface area contributed by atoms with E-state index in [-0.39, 0.29) is 0 Å². The maximum Gasteiger partial charge on any atom is 0.187 e. The van der Waals surface area contributed by atoms with Gasteiger partial charge in [-0.05, 0) is 0 Å². The van der Waals surface area contributed by atoms with Crippen LogP contribution in [0.1, 0.15) is 0 Å². The van der Waals surface area contributed by atoms with Crippen LogP contribution in [0.25, 0.3) is 0 Å². The van der Waals surface area contributed by atoms with Crippen LogP contribution in [-0.2, 0) is 11.4 Å². The molecule has 0 aliphatic heterocycles. The zero-order valence-corrected chi connectivity index (χ0v) is 5.25. The molecule has 1 unspecified atom stereocenters. The molecule has 1 atom stereocenters. The lowest BCUT2D eigenvalue weighted by atomic mass is 11.2. The van der Waals surface area contributed by atoms with E-state index in [1.54, 1.807) is 0 Å². The molecule has 0 saturated heterocycles. The summed E-state index contributed by atoms with van der Waals surface area (Å²) in [6.45, 7) is -2.00. The van der Waals surface area contributed by atoms with Crippen LogP contribution in [0.2, 0.25) is 0 Å². The van der Waals surface area contributed by atoms with E-state index < -0.39 is 25.0 Å². The summed E-state index contributed by atoms with van der Waals surface area (Å²) in [7, 11) is 0. The van der Waals surface area contributed by atoms with Crippen molar-refractivity contribution in [1.82, 2.24) is 4.31 Å². The molecular weight excluding hydrogens is 136 g/mol. The molecule has 0 heterocycles. The van der Waals surface area contributed by atoms with E-state index in [2.05, 4.69) is 0 Å². The molecule has 0 fully saturated rings. The fraction of sp³-hybridized carbons (Fsp3) is 1.00. The van der Waals surface area contributed by atoms with Gasteiger partial charge in [0.2, 0.25) is 0 Å². The Morgan fingerprint density at radius 2 is 1.88 bits per heavy atom. The zero-order chi connectivity index (χ0) is 6.57. The average Bonchev–Trinajstić information content (AvgIpc) is 1.69.